The zero-order valence-corrected chi connectivity index (χ0v) is 9.93. The van der Waals surface area contributed by atoms with Gasteiger partial charge in [-0.3, -0.25) is 0 Å². The molecule has 0 aliphatic rings. The Morgan fingerprint density at radius 2 is 1.94 bits per heavy atom. The van der Waals surface area contributed by atoms with Crippen molar-refractivity contribution in [1.82, 2.24) is 0 Å². The van der Waals surface area contributed by atoms with E-state index < -0.39 is 11.8 Å². The van der Waals surface area contributed by atoms with Crippen LogP contribution in [0.2, 0.25) is 0 Å². The molecule has 0 saturated heterocycles. The molecule has 0 fully saturated rings. The third kappa shape index (κ3) is 3.93. The van der Waals surface area contributed by atoms with Crippen LogP contribution in [0, 0.1) is 0 Å². The third-order valence-corrected chi connectivity index (χ3v) is 2.53. The summed E-state index contributed by atoms with van der Waals surface area (Å²) in [4.78, 5) is 10.5. The fourth-order valence-corrected chi connectivity index (χ4v) is 1.91. The second-order valence-corrected chi connectivity index (χ2v) is 4.64. The molecule has 1 rings (SSSR count). The standard InChI is InChI=1S/C13H18O3/c1-10(11-7-5-4-6-8-11)9-13(2,3)16-12(14)15/h4-8,10H,9H2,1-3H3,(H,14,15). The molecule has 1 aromatic carbocycles. The molecule has 0 aliphatic heterocycles. The van der Waals surface area contributed by atoms with E-state index >= 15 is 0 Å². The highest BCUT2D eigenvalue weighted by Gasteiger charge is 2.25. The molecule has 1 unspecified atom stereocenters. The number of benzene rings is 1. The van der Waals surface area contributed by atoms with Crippen LogP contribution in [0.3, 0.4) is 0 Å². The Hall–Kier alpha value is -1.51. The topological polar surface area (TPSA) is 46.5 Å². The zero-order chi connectivity index (χ0) is 12.2. The Morgan fingerprint density at radius 1 is 1.38 bits per heavy atom. The fourth-order valence-electron chi connectivity index (χ4n) is 1.91. The van der Waals surface area contributed by atoms with Crippen LogP contribution in [0.15, 0.2) is 30.3 Å². The summed E-state index contributed by atoms with van der Waals surface area (Å²) in [5.74, 6) is 0.274. The molecule has 0 amide bonds. The van der Waals surface area contributed by atoms with Gasteiger partial charge in [-0.1, -0.05) is 37.3 Å². The predicted octanol–water partition coefficient (Wildman–Crippen LogP) is 3.65. The normalized spacial score (nSPS) is 13.2. The Labute approximate surface area is 96.1 Å². The van der Waals surface area contributed by atoms with Crippen LogP contribution in [0.4, 0.5) is 4.79 Å². The van der Waals surface area contributed by atoms with Crippen LogP contribution in [0.5, 0.6) is 0 Å². The molecule has 3 heteroatoms. The highest BCUT2D eigenvalue weighted by Crippen LogP contribution is 2.27. The summed E-state index contributed by atoms with van der Waals surface area (Å²) >= 11 is 0. The van der Waals surface area contributed by atoms with Crippen molar-refractivity contribution in [2.75, 3.05) is 0 Å². The first-order valence-corrected chi connectivity index (χ1v) is 5.37. The van der Waals surface area contributed by atoms with Crippen LogP contribution in [-0.2, 0) is 4.74 Å². The van der Waals surface area contributed by atoms with Crippen molar-refractivity contribution < 1.29 is 14.6 Å². The van der Waals surface area contributed by atoms with Crippen LogP contribution >= 0.6 is 0 Å². The van der Waals surface area contributed by atoms with E-state index in [4.69, 9.17) is 9.84 Å². The molecule has 0 bridgehead atoms. The molecular weight excluding hydrogens is 204 g/mol. The van der Waals surface area contributed by atoms with Gasteiger partial charge in [0.05, 0.1) is 0 Å². The molecule has 88 valence electrons. The molecule has 1 atom stereocenters. The van der Waals surface area contributed by atoms with Crippen LogP contribution in [0.25, 0.3) is 0 Å². The van der Waals surface area contributed by atoms with Crippen molar-refractivity contribution in [3.63, 3.8) is 0 Å². The number of hydrogen-bond donors (Lipinski definition) is 1. The van der Waals surface area contributed by atoms with E-state index in [-0.39, 0.29) is 5.92 Å². The third-order valence-electron chi connectivity index (χ3n) is 2.53. The summed E-state index contributed by atoms with van der Waals surface area (Å²) in [6.45, 7) is 5.66. The van der Waals surface area contributed by atoms with Crippen LogP contribution < -0.4 is 0 Å². The molecule has 1 N–H and O–H groups in total. The van der Waals surface area contributed by atoms with Crippen molar-refractivity contribution in [3.05, 3.63) is 35.9 Å². The van der Waals surface area contributed by atoms with Crippen LogP contribution in [0.1, 0.15) is 38.7 Å². The van der Waals surface area contributed by atoms with E-state index in [2.05, 4.69) is 6.92 Å². The fraction of sp³-hybridized carbons (Fsp3) is 0.462. The van der Waals surface area contributed by atoms with E-state index in [0.29, 0.717) is 6.42 Å². The van der Waals surface area contributed by atoms with E-state index in [1.54, 1.807) is 13.8 Å². The molecule has 1 aromatic rings. The lowest BCUT2D eigenvalue weighted by molar-refractivity contribution is -0.00401. The van der Waals surface area contributed by atoms with Gasteiger partial charge in [-0.2, -0.15) is 0 Å². The smallest absolute Gasteiger partial charge is 0.450 e. The summed E-state index contributed by atoms with van der Waals surface area (Å²) in [7, 11) is 0. The number of rotatable bonds is 4. The van der Waals surface area contributed by atoms with Crippen molar-refractivity contribution in [3.8, 4) is 0 Å². The average Bonchev–Trinajstić information content (AvgIpc) is 2.16. The lowest BCUT2D eigenvalue weighted by Crippen LogP contribution is -2.29. The maximum absolute atomic E-state index is 10.5. The summed E-state index contributed by atoms with van der Waals surface area (Å²) in [5.41, 5.74) is 0.547. The molecule has 0 heterocycles. The minimum Gasteiger partial charge on any atom is -0.450 e. The van der Waals surface area contributed by atoms with Crippen molar-refractivity contribution >= 4 is 6.16 Å². The van der Waals surface area contributed by atoms with Gasteiger partial charge in [0, 0.05) is 0 Å². The largest absolute Gasteiger partial charge is 0.506 e. The lowest BCUT2D eigenvalue weighted by Gasteiger charge is -2.26. The first-order chi connectivity index (χ1) is 7.41. The molecular formula is C13H18O3. The summed E-state index contributed by atoms with van der Waals surface area (Å²) in [6.07, 6.45) is -0.547. The molecule has 16 heavy (non-hydrogen) atoms. The predicted molar refractivity (Wildman–Crippen MR) is 62.7 cm³/mol. The Balaban J connectivity index is 2.64. The average molecular weight is 222 g/mol. The highest BCUT2D eigenvalue weighted by molar-refractivity contribution is 5.57. The minimum absolute atomic E-state index is 0.274. The van der Waals surface area contributed by atoms with Crippen LogP contribution in [-0.4, -0.2) is 16.9 Å². The summed E-state index contributed by atoms with van der Waals surface area (Å²) < 4.78 is 4.85. The minimum atomic E-state index is -1.22. The van der Waals surface area contributed by atoms with Gasteiger partial charge in [0.2, 0.25) is 0 Å². The Bertz CT molecular complexity index is 343. The first-order valence-electron chi connectivity index (χ1n) is 5.37. The van der Waals surface area contributed by atoms with Gasteiger partial charge in [0.1, 0.15) is 5.60 Å². The van der Waals surface area contributed by atoms with Gasteiger partial charge in [0.25, 0.3) is 0 Å². The number of hydrogen-bond acceptors (Lipinski definition) is 2. The summed E-state index contributed by atoms with van der Waals surface area (Å²) in [6, 6.07) is 10.0. The van der Waals surface area contributed by atoms with Gasteiger partial charge in [-0.05, 0) is 31.7 Å². The van der Waals surface area contributed by atoms with Gasteiger partial charge >= 0.3 is 6.16 Å². The Morgan fingerprint density at radius 3 is 2.44 bits per heavy atom. The number of carboxylic acid groups (broad SMARTS) is 1. The van der Waals surface area contributed by atoms with E-state index in [1.165, 1.54) is 5.56 Å². The number of carbonyl (C=O) groups is 1. The zero-order valence-electron chi connectivity index (χ0n) is 9.93. The molecule has 0 aromatic heterocycles. The molecule has 3 nitrogen and oxygen atoms in total. The van der Waals surface area contributed by atoms with Crippen molar-refractivity contribution in [2.45, 2.75) is 38.7 Å². The van der Waals surface area contributed by atoms with E-state index in [1.807, 2.05) is 30.3 Å². The maximum atomic E-state index is 10.5. The monoisotopic (exact) mass is 222 g/mol. The van der Waals surface area contributed by atoms with Gasteiger partial charge in [-0.15, -0.1) is 0 Å². The molecule has 0 radical (unpaired) electrons. The van der Waals surface area contributed by atoms with Gasteiger partial charge in [0.15, 0.2) is 0 Å². The quantitative estimate of drug-likeness (QED) is 0.791. The van der Waals surface area contributed by atoms with Gasteiger partial charge < -0.3 is 9.84 Å². The highest BCUT2D eigenvalue weighted by atomic mass is 16.7. The first kappa shape index (κ1) is 12.6. The van der Waals surface area contributed by atoms with Crippen molar-refractivity contribution in [1.29, 1.82) is 0 Å². The number of ether oxygens (including phenoxy) is 1. The molecule has 0 spiro atoms. The lowest BCUT2D eigenvalue weighted by atomic mass is 9.89. The molecule has 0 aliphatic carbocycles. The SMILES string of the molecule is CC(CC(C)(C)OC(=O)O)c1ccccc1. The second-order valence-electron chi connectivity index (χ2n) is 4.64. The summed E-state index contributed by atoms with van der Waals surface area (Å²) in [5, 5.41) is 8.61. The van der Waals surface area contributed by atoms with Gasteiger partial charge in [-0.25, -0.2) is 4.79 Å². The molecule has 0 saturated carbocycles. The van der Waals surface area contributed by atoms with Crippen molar-refractivity contribution in [2.24, 2.45) is 0 Å². The second kappa shape index (κ2) is 5.01. The van der Waals surface area contributed by atoms with E-state index in [9.17, 15) is 4.79 Å². The Kier molecular flexibility index (Phi) is 3.93. The maximum Gasteiger partial charge on any atom is 0.506 e. The van der Waals surface area contributed by atoms with E-state index in [0.717, 1.165) is 0 Å².